The first-order valence-electron chi connectivity index (χ1n) is 19.1. The van der Waals surface area contributed by atoms with Crippen LogP contribution >= 0.6 is 0 Å². The van der Waals surface area contributed by atoms with Crippen LogP contribution in [0, 0.1) is 11.8 Å². The van der Waals surface area contributed by atoms with Crippen molar-refractivity contribution in [2.75, 3.05) is 38.8 Å². The lowest BCUT2D eigenvalue weighted by Crippen LogP contribution is -2.41. The average molecular weight is 729 g/mol. The minimum atomic E-state index is -0.163. The lowest BCUT2D eigenvalue weighted by molar-refractivity contribution is -0.136. The summed E-state index contributed by atoms with van der Waals surface area (Å²) < 4.78 is 13.5. The predicted octanol–water partition coefficient (Wildman–Crippen LogP) is 5.56. The Labute approximate surface area is 315 Å². The maximum atomic E-state index is 12.7. The third-order valence-corrected chi connectivity index (χ3v) is 11.8. The van der Waals surface area contributed by atoms with Crippen LogP contribution < -0.4 is 25.2 Å². The van der Waals surface area contributed by atoms with Gasteiger partial charge in [0.15, 0.2) is 0 Å². The predicted molar refractivity (Wildman–Crippen MR) is 209 cm³/mol. The molecule has 0 bridgehead atoms. The van der Waals surface area contributed by atoms with E-state index in [-0.39, 0.29) is 23.3 Å². The quantitative estimate of drug-likeness (QED) is 0.180. The van der Waals surface area contributed by atoms with Crippen molar-refractivity contribution in [3.63, 3.8) is 0 Å². The molecular weight excluding hydrogens is 681 g/mol. The van der Waals surface area contributed by atoms with E-state index in [4.69, 9.17) is 9.47 Å². The highest BCUT2D eigenvalue weighted by Crippen LogP contribution is 2.39. The van der Waals surface area contributed by atoms with E-state index >= 15 is 0 Å². The molecule has 2 amide bonds. The molecule has 8 rings (SSSR count). The van der Waals surface area contributed by atoms with Gasteiger partial charge in [-0.1, -0.05) is 30.3 Å². The third-order valence-electron chi connectivity index (χ3n) is 11.8. The molecule has 2 N–H and O–H groups in total. The number of rotatable bonds is 10. The molecule has 5 heterocycles. The van der Waals surface area contributed by atoms with Crippen molar-refractivity contribution in [3.05, 3.63) is 105 Å². The molecule has 1 unspecified atom stereocenters. The first-order chi connectivity index (χ1) is 26.3. The van der Waals surface area contributed by atoms with Gasteiger partial charge >= 0.3 is 0 Å². The maximum Gasteiger partial charge on any atom is 0.276 e. The van der Waals surface area contributed by atoms with Crippen LogP contribution in [0.1, 0.15) is 53.5 Å². The highest BCUT2D eigenvalue weighted by atomic mass is 16.5. The topological polar surface area (TPSA) is 122 Å². The number of aryl methyl sites for hydroxylation is 1. The summed E-state index contributed by atoms with van der Waals surface area (Å²) in [5.74, 6) is 1.73. The second kappa shape index (κ2) is 15.1. The summed E-state index contributed by atoms with van der Waals surface area (Å²) in [5.41, 5.74) is 9.92. The van der Waals surface area contributed by atoms with Crippen LogP contribution in [-0.4, -0.2) is 65.3 Å². The standard InChI is InChI=1S/C43H48N6O5/c1-47-25-36(35-23-44-46-41(35)43(47)52)32-21-38(53-2)37(39(22-32)54-3)26-48-16-15-34-29(5-4-6-31(34)24-48)19-28-13-17-49(18-14-28)33-10-7-27(8-11-33)20-30-9-12-40(50)45-42(30)51/h4-8,10-11,21-23,25,28,30H,9,12-20,24,26H2,1-3H3,(H,44,46)(H,45,50,51). The van der Waals surface area contributed by atoms with Gasteiger partial charge in [-0.3, -0.25) is 29.7 Å². The summed E-state index contributed by atoms with van der Waals surface area (Å²) in [7, 11) is 5.14. The van der Waals surface area contributed by atoms with Crippen LogP contribution in [-0.2, 0) is 49.0 Å². The van der Waals surface area contributed by atoms with Crippen LogP contribution in [0.3, 0.4) is 0 Å². The van der Waals surface area contributed by atoms with Crippen molar-refractivity contribution >= 4 is 28.4 Å². The van der Waals surface area contributed by atoms with Crippen molar-refractivity contribution in [2.45, 2.75) is 58.0 Å². The monoisotopic (exact) mass is 728 g/mol. The fourth-order valence-corrected chi connectivity index (χ4v) is 8.74. The fourth-order valence-electron chi connectivity index (χ4n) is 8.74. The van der Waals surface area contributed by atoms with Gasteiger partial charge in [-0.2, -0.15) is 5.10 Å². The molecule has 280 valence electrons. The maximum absolute atomic E-state index is 12.7. The zero-order valence-corrected chi connectivity index (χ0v) is 31.3. The molecule has 2 fully saturated rings. The minimum absolute atomic E-state index is 0.120. The van der Waals surface area contributed by atoms with Crippen LogP contribution in [0.4, 0.5) is 5.69 Å². The molecule has 11 nitrogen and oxygen atoms in total. The van der Waals surface area contributed by atoms with Gasteiger partial charge in [0.25, 0.3) is 5.56 Å². The number of H-pyrrole nitrogens is 1. The number of ether oxygens (including phenoxy) is 2. The number of hydrogen-bond acceptors (Lipinski definition) is 8. The molecule has 3 aliphatic heterocycles. The van der Waals surface area contributed by atoms with Gasteiger partial charge in [-0.15, -0.1) is 0 Å². The Bertz CT molecular complexity index is 2230. The van der Waals surface area contributed by atoms with Crippen molar-refractivity contribution in [1.82, 2.24) is 25.0 Å². The molecule has 54 heavy (non-hydrogen) atoms. The molecule has 3 aliphatic rings. The Balaban J connectivity index is 0.900. The van der Waals surface area contributed by atoms with E-state index < -0.39 is 0 Å². The van der Waals surface area contributed by atoms with Gasteiger partial charge in [0.1, 0.15) is 17.0 Å². The zero-order valence-electron chi connectivity index (χ0n) is 31.3. The number of amides is 2. The first kappa shape index (κ1) is 35.6. The number of nitrogens with zero attached hydrogens (tertiary/aromatic N) is 4. The normalized spacial score (nSPS) is 18.1. The number of pyridine rings is 1. The van der Waals surface area contributed by atoms with Gasteiger partial charge in [0.2, 0.25) is 11.8 Å². The molecule has 11 heteroatoms. The number of carbonyl (C=O) groups excluding carboxylic acids is 2. The number of carbonyl (C=O) groups is 2. The number of methoxy groups -OCH3 is 2. The number of hydrogen-bond donors (Lipinski definition) is 2. The lowest BCUT2D eigenvalue weighted by Gasteiger charge is -2.35. The average Bonchev–Trinajstić information content (AvgIpc) is 3.69. The highest BCUT2D eigenvalue weighted by molar-refractivity contribution is 5.98. The SMILES string of the molecule is COc1cc(-c2cn(C)c(=O)c3[nH]ncc23)cc(OC)c1CN1CCc2c(CC3CCN(c4ccc(CC5CCC(=O)NC5=O)cc4)CC3)cccc2C1. The summed E-state index contributed by atoms with van der Waals surface area (Å²) in [6, 6.07) is 19.6. The number of nitrogens with one attached hydrogen (secondary N) is 2. The summed E-state index contributed by atoms with van der Waals surface area (Å²) in [6.45, 7) is 4.59. The van der Waals surface area contributed by atoms with Crippen LogP contribution in [0.25, 0.3) is 22.0 Å². The number of anilines is 1. The molecule has 5 aromatic rings. The smallest absolute Gasteiger partial charge is 0.276 e. The van der Waals surface area contributed by atoms with Gasteiger partial charge in [0, 0.05) is 74.9 Å². The molecule has 1 atom stereocenters. The molecule has 0 radical (unpaired) electrons. The summed E-state index contributed by atoms with van der Waals surface area (Å²) in [5, 5.41) is 10.2. The number of piperidine rings is 2. The molecule has 0 saturated carbocycles. The van der Waals surface area contributed by atoms with E-state index in [2.05, 4.69) is 67.8 Å². The van der Waals surface area contributed by atoms with Crippen LogP contribution in [0.5, 0.6) is 11.5 Å². The number of aromatic nitrogens is 3. The van der Waals surface area contributed by atoms with Crippen molar-refractivity contribution in [2.24, 2.45) is 18.9 Å². The molecule has 0 aliphatic carbocycles. The molecule has 3 aromatic carbocycles. The van der Waals surface area contributed by atoms with Gasteiger partial charge < -0.3 is 18.9 Å². The van der Waals surface area contributed by atoms with Gasteiger partial charge in [-0.05, 0) is 96.5 Å². The Morgan fingerprint density at radius 2 is 1.65 bits per heavy atom. The number of aromatic amines is 1. The Morgan fingerprint density at radius 1 is 0.889 bits per heavy atom. The Morgan fingerprint density at radius 3 is 2.37 bits per heavy atom. The lowest BCUT2D eigenvalue weighted by atomic mass is 9.85. The third kappa shape index (κ3) is 7.12. The van der Waals surface area contributed by atoms with Crippen molar-refractivity contribution in [1.29, 1.82) is 0 Å². The number of imide groups is 1. The summed E-state index contributed by atoms with van der Waals surface area (Å²) in [4.78, 5) is 41.3. The molecular formula is C43H48N6O5. The van der Waals surface area contributed by atoms with Gasteiger partial charge in [-0.25, -0.2) is 0 Å². The molecule has 0 spiro atoms. The van der Waals surface area contributed by atoms with E-state index in [0.717, 1.165) is 91.0 Å². The largest absolute Gasteiger partial charge is 0.496 e. The van der Waals surface area contributed by atoms with Crippen molar-refractivity contribution in [3.8, 4) is 22.6 Å². The van der Waals surface area contributed by atoms with E-state index in [1.54, 1.807) is 32.0 Å². The van der Waals surface area contributed by atoms with Crippen LogP contribution in [0.2, 0.25) is 0 Å². The first-order valence-corrected chi connectivity index (χ1v) is 19.1. The Kier molecular flexibility index (Phi) is 9.98. The second-order valence-electron chi connectivity index (χ2n) is 15.1. The minimum Gasteiger partial charge on any atom is -0.496 e. The Hall–Kier alpha value is -5.42. The van der Waals surface area contributed by atoms with E-state index in [0.29, 0.717) is 37.2 Å². The fraction of sp³-hybridized carbons (Fsp3) is 0.395. The molecule has 2 aromatic heterocycles. The second-order valence-corrected chi connectivity index (χ2v) is 15.1. The number of benzene rings is 3. The van der Waals surface area contributed by atoms with Gasteiger partial charge in [0.05, 0.1) is 26.0 Å². The highest BCUT2D eigenvalue weighted by Gasteiger charge is 2.28. The summed E-state index contributed by atoms with van der Waals surface area (Å²) >= 11 is 0. The molecule has 2 saturated heterocycles. The van der Waals surface area contributed by atoms with Crippen molar-refractivity contribution < 1.29 is 19.1 Å². The zero-order chi connectivity index (χ0) is 37.3. The van der Waals surface area contributed by atoms with E-state index in [9.17, 15) is 14.4 Å². The van der Waals surface area contributed by atoms with E-state index in [1.165, 1.54) is 22.4 Å². The number of fused-ring (bicyclic) bond motifs is 2. The van der Waals surface area contributed by atoms with Crippen LogP contribution in [0.15, 0.2) is 71.8 Å². The summed E-state index contributed by atoms with van der Waals surface area (Å²) in [6.07, 6.45) is 9.69. The van der Waals surface area contributed by atoms with E-state index in [1.807, 2.05) is 18.3 Å².